The summed E-state index contributed by atoms with van der Waals surface area (Å²) in [5.74, 6) is 0. The van der Waals surface area contributed by atoms with E-state index in [0.717, 1.165) is 33.6 Å². The first-order valence-electron chi connectivity index (χ1n) is 6.90. The minimum atomic E-state index is -0.623. The maximum Gasteiger partial charge on any atom is 0.0995 e. The van der Waals surface area contributed by atoms with Gasteiger partial charge in [0.2, 0.25) is 0 Å². The van der Waals surface area contributed by atoms with E-state index in [9.17, 15) is 5.11 Å². The maximum atomic E-state index is 10.4. The molecule has 0 spiro atoms. The molecule has 1 N–H and O–H groups in total. The summed E-state index contributed by atoms with van der Waals surface area (Å²) in [5, 5.41) is 10.4. The molecular formula is C18H21NO. The summed E-state index contributed by atoms with van der Waals surface area (Å²) in [4.78, 5) is 4.57. The quantitative estimate of drug-likeness (QED) is 0.842. The Hall–Kier alpha value is -1.93. The summed E-state index contributed by atoms with van der Waals surface area (Å²) in [7, 11) is 0. The zero-order chi connectivity index (χ0) is 14.7. The lowest BCUT2D eigenvalue weighted by Crippen LogP contribution is -2.06. The molecule has 0 fully saturated rings. The fourth-order valence-corrected chi connectivity index (χ4v) is 2.58. The number of pyridine rings is 1. The Labute approximate surface area is 120 Å². The first-order chi connectivity index (χ1) is 9.56. The van der Waals surface area contributed by atoms with Crippen LogP contribution in [0.2, 0.25) is 0 Å². The largest absolute Gasteiger partial charge is 0.384 e. The number of hydrogen-bond donors (Lipinski definition) is 1. The summed E-state index contributed by atoms with van der Waals surface area (Å²) in [6.07, 6.45) is 3.04. The van der Waals surface area contributed by atoms with E-state index in [4.69, 9.17) is 0 Å². The second-order valence-electron chi connectivity index (χ2n) is 5.03. The third kappa shape index (κ3) is 2.66. The van der Waals surface area contributed by atoms with E-state index in [2.05, 4.69) is 24.0 Å². The van der Waals surface area contributed by atoms with Gasteiger partial charge >= 0.3 is 0 Å². The van der Waals surface area contributed by atoms with Crippen molar-refractivity contribution >= 4 is 0 Å². The molecule has 0 aliphatic heterocycles. The smallest absolute Gasteiger partial charge is 0.0995 e. The topological polar surface area (TPSA) is 33.1 Å². The van der Waals surface area contributed by atoms with Crippen LogP contribution in [-0.4, -0.2) is 10.1 Å². The van der Waals surface area contributed by atoms with E-state index in [1.54, 1.807) is 6.08 Å². The molecule has 0 aliphatic rings. The van der Waals surface area contributed by atoms with Crippen molar-refractivity contribution in [3.05, 3.63) is 65.0 Å². The number of aryl methyl sites for hydroxylation is 2. The van der Waals surface area contributed by atoms with Crippen molar-refractivity contribution in [3.8, 4) is 11.1 Å². The van der Waals surface area contributed by atoms with Gasteiger partial charge in [0.25, 0.3) is 0 Å². The van der Waals surface area contributed by atoms with Crippen LogP contribution in [0.15, 0.2) is 42.5 Å². The van der Waals surface area contributed by atoms with Crippen LogP contribution in [-0.2, 0) is 0 Å². The van der Waals surface area contributed by atoms with E-state index >= 15 is 0 Å². The molecule has 1 aromatic heterocycles. The highest BCUT2D eigenvalue weighted by Gasteiger charge is 2.18. The zero-order valence-electron chi connectivity index (χ0n) is 12.5. The van der Waals surface area contributed by atoms with Crippen molar-refractivity contribution in [2.75, 3.05) is 0 Å². The molecule has 0 aliphatic carbocycles. The Morgan fingerprint density at radius 2 is 1.70 bits per heavy atom. The Morgan fingerprint density at radius 1 is 1.05 bits per heavy atom. The lowest BCUT2D eigenvalue weighted by Gasteiger charge is -2.19. The summed E-state index contributed by atoms with van der Waals surface area (Å²) in [5.41, 5.74) is 6.14. The van der Waals surface area contributed by atoms with Crippen molar-refractivity contribution in [2.24, 2.45) is 0 Å². The highest BCUT2D eigenvalue weighted by molar-refractivity contribution is 5.73. The van der Waals surface area contributed by atoms with Gasteiger partial charge in [-0.2, -0.15) is 0 Å². The van der Waals surface area contributed by atoms with Crippen molar-refractivity contribution in [2.45, 2.75) is 33.8 Å². The molecule has 0 saturated heterocycles. The van der Waals surface area contributed by atoms with Crippen molar-refractivity contribution in [1.82, 2.24) is 4.98 Å². The van der Waals surface area contributed by atoms with E-state index in [-0.39, 0.29) is 0 Å². The number of hydrogen-bond acceptors (Lipinski definition) is 2. The van der Waals surface area contributed by atoms with Crippen LogP contribution < -0.4 is 0 Å². The van der Waals surface area contributed by atoms with Gasteiger partial charge in [0, 0.05) is 17.0 Å². The molecule has 0 radical (unpaired) electrons. The number of aliphatic hydroxyl groups is 1. The van der Waals surface area contributed by atoms with Crippen molar-refractivity contribution < 1.29 is 5.11 Å². The Morgan fingerprint density at radius 3 is 2.30 bits per heavy atom. The first kappa shape index (κ1) is 14.5. The Bertz CT molecular complexity index is 630. The molecule has 0 bridgehead atoms. The van der Waals surface area contributed by atoms with Crippen molar-refractivity contribution in [1.29, 1.82) is 0 Å². The van der Waals surface area contributed by atoms with E-state index in [0.29, 0.717) is 0 Å². The molecule has 2 nitrogen and oxygen atoms in total. The van der Waals surface area contributed by atoms with Crippen LogP contribution in [0, 0.1) is 20.8 Å². The van der Waals surface area contributed by atoms with E-state index < -0.39 is 6.10 Å². The molecule has 1 heterocycles. The number of aromatic nitrogens is 1. The van der Waals surface area contributed by atoms with Crippen LogP contribution in [0.3, 0.4) is 0 Å². The molecule has 0 amide bonds. The second kappa shape index (κ2) is 6.02. The molecule has 1 atom stereocenters. The van der Waals surface area contributed by atoms with Gasteiger partial charge in [0.15, 0.2) is 0 Å². The van der Waals surface area contributed by atoms with E-state index in [1.165, 1.54) is 0 Å². The molecule has 2 heteroatoms. The monoisotopic (exact) mass is 267 g/mol. The minimum Gasteiger partial charge on any atom is -0.384 e. The highest BCUT2D eigenvalue weighted by atomic mass is 16.3. The average molecular weight is 267 g/mol. The molecule has 1 aromatic carbocycles. The van der Waals surface area contributed by atoms with Crippen molar-refractivity contribution in [3.63, 3.8) is 0 Å². The lowest BCUT2D eigenvalue weighted by molar-refractivity contribution is 0.227. The fourth-order valence-electron chi connectivity index (χ4n) is 2.58. The first-order valence-corrected chi connectivity index (χ1v) is 6.90. The SMILES string of the molecule is C/C=C\C(O)c1c(C)nc(C)c(C)c1-c1ccccc1. The van der Waals surface area contributed by atoms with Gasteiger partial charge in [0.1, 0.15) is 0 Å². The van der Waals surface area contributed by atoms with E-state index in [1.807, 2.05) is 45.0 Å². The molecule has 1 unspecified atom stereocenters. The summed E-state index contributed by atoms with van der Waals surface area (Å²) >= 11 is 0. The number of aliphatic hydroxyl groups excluding tert-OH is 1. The number of rotatable bonds is 3. The molecular weight excluding hydrogens is 246 g/mol. The Balaban J connectivity index is 2.76. The predicted molar refractivity (Wildman–Crippen MR) is 83.7 cm³/mol. The Kier molecular flexibility index (Phi) is 4.35. The third-order valence-corrected chi connectivity index (χ3v) is 3.65. The molecule has 2 rings (SSSR count). The van der Waals surface area contributed by atoms with Gasteiger partial charge in [-0.05, 0) is 44.4 Å². The molecule has 104 valence electrons. The van der Waals surface area contributed by atoms with Gasteiger partial charge in [-0.15, -0.1) is 0 Å². The van der Waals surface area contributed by atoms with Gasteiger partial charge < -0.3 is 5.11 Å². The van der Waals surface area contributed by atoms with Gasteiger partial charge in [0.05, 0.1) is 6.10 Å². The lowest BCUT2D eigenvalue weighted by atomic mass is 9.90. The number of benzene rings is 1. The standard InChI is InChI=1S/C18H21NO/c1-5-9-16(20)18-14(4)19-13(3)12(2)17(18)15-10-7-6-8-11-15/h5-11,16,20H,1-4H3/b9-5-. The van der Waals surface area contributed by atoms with Crippen LogP contribution in [0.5, 0.6) is 0 Å². The van der Waals surface area contributed by atoms with Gasteiger partial charge in [-0.3, -0.25) is 4.98 Å². The van der Waals surface area contributed by atoms with Gasteiger partial charge in [-0.25, -0.2) is 0 Å². The van der Waals surface area contributed by atoms with Crippen LogP contribution in [0.4, 0.5) is 0 Å². The third-order valence-electron chi connectivity index (χ3n) is 3.65. The van der Waals surface area contributed by atoms with Gasteiger partial charge in [-0.1, -0.05) is 42.5 Å². The summed E-state index contributed by atoms with van der Waals surface area (Å²) in [6.45, 7) is 7.95. The summed E-state index contributed by atoms with van der Waals surface area (Å²) < 4.78 is 0. The summed E-state index contributed by atoms with van der Waals surface area (Å²) in [6, 6.07) is 10.2. The molecule has 0 saturated carbocycles. The fraction of sp³-hybridized carbons (Fsp3) is 0.278. The maximum absolute atomic E-state index is 10.4. The molecule has 20 heavy (non-hydrogen) atoms. The molecule has 2 aromatic rings. The minimum absolute atomic E-state index is 0.623. The zero-order valence-corrected chi connectivity index (χ0v) is 12.5. The van der Waals surface area contributed by atoms with Crippen LogP contribution in [0.25, 0.3) is 11.1 Å². The van der Waals surface area contributed by atoms with Crippen LogP contribution in [0.1, 0.15) is 35.5 Å². The normalized spacial score (nSPS) is 12.8. The predicted octanol–water partition coefficient (Wildman–Crippen LogP) is 4.28. The second-order valence-corrected chi connectivity index (χ2v) is 5.03. The average Bonchev–Trinajstić information content (AvgIpc) is 2.43. The number of nitrogens with zero attached hydrogens (tertiary/aromatic N) is 1. The van der Waals surface area contributed by atoms with Crippen LogP contribution >= 0.6 is 0 Å². The highest BCUT2D eigenvalue weighted by Crippen LogP contribution is 2.34. The number of allylic oxidation sites excluding steroid dienone is 1.